The van der Waals surface area contributed by atoms with Gasteiger partial charge in [0.2, 0.25) is 6.41 Å². The number of amides is 1. The van der Waals surface area contributed by atoms with E-state index in [-0.39, 0.29) is 49.5 Å². The molecule has 0 bridgehead atoms. The van der Waals surface area contributed by atoms with Crippen molar-refractivity contribution in [3.8, 4) is 0 Å². The molecule has 2 aliphatic heterocycles. The predicted molar refractivity (Wildman–Crippen MR) is 114 cm³/mol. The third-order valence-electron chi connectivity index (χ3n) is 6.09. The Balaban J connectivity index is 0.00000196. The number of nitrogens with one attached hydrogen (secondary N) is 2. The number of halogens is 2. The van der Waals surface area contributed by atoms with E-state index in [1.54, 1.807) is 0 Å². The molecule has 2 N–H and O–H groups in total. The topological polar surface area (TPSA) is 73.9 Å². The monoisotopic (exact) mass is 438 g/mol. The van der Waals surface area contributed by atoms with Crippen molar-refractivity contribution in [1.82, 2.24) is 20.4 Å². The summed E-state index contributed by atoms with van der Waals surface area (Å²) in [5, 5.41) is 6.25. The van der Waals surface area contributed by atoms with E-state index in [1.165, 1.54) is 19.3 Å². The molecule has 0 aromatic carbocycles. The van der Waals surface area contributed by atoms with Crippen LogP contribution < -0.4 is 10.6 Å². The first-order valence-electron chi connectivity index (χ1n) is 10.3. The van der Waals surface area contributed by atoms with E-state index in [0.717, 1.165) is 65.0 Å². The Kier molecular flexibility index (Phi) is 12.3. The highest BCUT2D eigenvalue weighted by atomic mass is 35.5. The van der Waals surface area contributed by atoms with Gasteiger partial charge in [0.15, 0.2) is 0 Å². The van der Waals surface area contributed by atoms with Gasteiger partial charge in [0, 0.05) is 32.2 Å². The lowest BCUT2D eigenvalue weighted by Gasteiger charge is -2.43. The van der Waals surface area contributed by atoms with E-state index >= 15 is 0 Å². The first kappa shape index (κ1) is 25.4. The van der Waals surface area contributed by atoms with Gasteiger partial charge in [-0.3, -0.25) is 19.4 Å². The molecule has 0 radical (unpaired) electrons. The SMILES string of the molecule is Cl.Cl.O=CNC(CC(=O)OC1CCCCC1)N1CCN(C2CCNCC2)CC1. The molecule has 1 saturated carbocycles. The zero-order valence-corrected chi connectivity index (χ0v) is 18.3. The minimum Gasteiger partial charge on any atom is -0.462 e. The summed E-state index contributed by atoms with van der Waals surface area (Å²) in [7, 11) is 0. The quantitative estimate of drug-likeness (QED) is 0.463. The van der Waals surface area contributed by atoms with Gasteiger partial charge in [0.05, 0.1) is 12.6 Å². The van der Waals surface area contributed by atoms with Crippen molar-refractivity contribution < 1.29 is 14.3 Å². The number of rotatable bonds is 7. The van der Waals surface area contributed by atoms with Crippen LogP contribution in [0.15, 0.2) is 0 Å². The number of carbonyl (C=O) groups excluding carboxylic acids is 2. The van der Waals surface area contributed by atoms with Crippen molar-refractivity contribution in [2.45, 2.75) is 69.7 Å². The van der Waals surface area contributed by atoms with Gasteiger partial charge in [-0.15, -0.1) is 24.8 Å². The molecule has 28 heavy (non-hydrogen) atoms. The summed E-state index contributed by atoms with van der Waals surface area (Å²) in [6, 6.07) is 0.673. The van der Waals surface area contributed by atoms with Crippen molar-refractivity contribution in [3.63, 3.8) is 0 Å². The van der Waals surface area contributed by atoms with Crippen LogP contribution in [0.2, 0.25) is 0 Å². The molecule has 3 aliphatic rings. The Morgan fingerprint density at radius 3 is 2.29 bits per heavy atom. The molecule has 1 unspecified atom stereocenters. The van der Waals surface area contributed by atoms with Gasteiger partial charge < -0.3 is 15.4 Å². The summed E-state index contributed by atoms with van der Waals surface area (Å²) < 4.78 is 5.64. The Bertz CT molecular complexity index is 452. The van der Waals surface area contributed by atoms with E-state index in [2.05, 4.69) is 20.4 Å². The molecule has 1 amide bonds. The molecule has 3 fully saturated rings. The van der Waals surface area contributed by atoms with Gasteiger partial charge in [-0.25, -0.2) is 0 Å². The second-order valence-corrected chi connectivity index (χ2v) is 7.81. The average Bonchev–Trinajstić information content (AvgIpc) is 2.69. The van der Waals surface area contributed by atoms with Gasteiger partial charge in [0.1, 0.15) is 6.10 Å². The minimum atomic E-state index is -0.251. The van der Waals surface area contributed by atoms with Gasteiger partial charge >= 0.3 is 5.97 Å². The van der Waals surface area contributed by atoms with Crippen LogP contribution in [0, 0.1) is 0 Å². The lowest BCUT2D eigenvalue weighted by Crippen LogP contribution is -2.58. The summed E-state index contributed by atoms with van der Waals surface area (Å²) in [6.07, 6.45) is 8.68. The van der Waals surface area contributed by atoms with Crippen LogP contribution >= 0.6 is 24.8 Å². The van der Waals surface area contributed by atoms with Crippen molar-refractivity contribution in [1.29, 1.82) is 0 Å². The molecule has 0 spiro atoms. The van der Waals surface area contributed by atoms with Crippen molar-refractivity contribution >= 4 is 37.2 Å². The predicted octanol–water partition coefficient (Wildman–Crippen LogP) is 1.54. The second-order valence-electron chi connectivity index (χ2n) is 7.81. The van der Waals surface area contributed by atoms with E-state index in [4.69, 9.17) is 4.74 Å². The van der Waals surface area contributed by atoms with Crippen molar-refractivity contribution in [2.24, 2.45) is 0 Å². The van der Waals surface area contributed by atoms with Gasteiger partial charge in [-0.05, 0) is 51.6 Å². The van der Waals surface area contributed by atoms with Crippen LogP contribution in [0.5, 0.6) is 0 Å². The third-order valence-corrected chi connectivity index (χ3v) is 6.09. The van der Waals surface area contributed by atoms with Gasteiger partial charge in [-0.2, -0.15) is 0 Å². The second kappa shape index (κ2) is 13.6. The smallest absolute Gasteiger partial charge is 0.309 e. The largest absolute Gasteiger partial charge is 0.462 e. The van der Waals surface area contributed by atoms with Crippen LogP contribution in [0.1, 0.15) is 51.4 Å². The summed E-state index contributed by atoms with van der Waals surface area (Å²) in [5.41, 5.74) is 0. The molecule has 0 aromatic rings. The lowest BCUT2D eigenvalue weighted by molar-refractivity contribution is -0.152. The van der Waals surface area contributed by atoms with E-state index in [0.29, 0.717) is 12.5 Å². The number of nitrogens with zero attached hydrogens (tertiary/aromatic N) is 2. The van der Waals surface area contributed by atoms with E-state index in [9.17, 15) is 9.59 Å². The van der Waals surface area contributed by atoms with E-state index < -0.39 is 0 Å². The average molecular weight is 439 g/mol. The Labute approximate surface area is 181 Å². The van der Waals surface area contributed by atoms with E-state index in [1.807, 2.05) is 0 Å². The minimum absolute atomic E-state index is 0. The fraction of sp³-hybridized carbons (Fsp3) is 0.895. The first-order chi connectivity index (χ1) is 12.8. The molecule has 1 aliphatic carbocycles. The number of piperazine rings is 1. The number of hydrogen-bond donors (Lipinski definition) is 2. The zero-order chi connectivity index (χ0) is 18.2. The number of esters is 1. The molecule has 9 heteroatoms. The van der Waals surface area contributed by atoms with Gasteiger partial charge in [0.25, 0.3) is 0 Å². The maximum absolute atomic E-state index is 12.3. The Morgan fingerprint density at radius 2 is 1.68 bits per heavy atom. The zero-order valence-electron chi connectivity index (χ0n) is 16.6. The highest BCUT2D eigenvalue weighted by molar-refractivity contribution is 5.85. The Morgan fingerprint density at radius 1 is 1.04 bits per heavy atom. The van der Waals surface area contributed by atoms with Gasteiger partial charge in [-0.1, -0.05) is 6.42 Å². The Hall–Kier alpha value is -0.600. The highest BCUT2D eigenvalue weighted by Gasteiger charge is 2.30. The highest BCUT2D eigenvalue weighted by Crippen LogP contribution is 2.21. The number of piperidine rings is 1. The number of ether oxygens (including phenoxy) is 1. The summed E-state index contributed by atoms with van der Waals surface area (Å²) >= 11 is 0. The van der Waals surface area contributed by atoms with Crippen LogP contribution in [0.3, 0.4) is 0 Å². The molecule has 7 nitrogen and oxygen atoms in total. The third kappa shape index (κ3) is 7.67. The normalized spacial score (nSPS) is 23.7. The van der Waals surface area contributed by atoms with Crippen LogP contribution in [-0.4, -0.2) is 79.8 Å². The molecular formula is C19H36Cl2N4O3. The molecule has 0 aromatic heterocycles. The maximum atomic E-state index is 12.3. The standard InChI is InChI=1S/C19H34N4O3.2ClH/c24-15-21-18(14-19(25)26-17-4-2-1-3-5-17)23-12-10-22(11-13-23)16-6-8-20-9-7-16;;/h15-18,20H,1-14H2,(H,21,24);2*1H. The van der Waals surface area contributed by atoms with Crippen molar-refractivity contribution in [2.75, 3.05) is 39.3 Å². The molecule has 2 heterocycles. The number of carbonyl (C=O) groups is 2. The first-order valence-corrected chi connectivity index (χ1v) is 10.3. The lowest BCUT2D eigenvalue weighted by atomic mass is 9.98. The number of hydrogen-bond acceptors (Lipinski definition) is 6. The fourth-order valence-corrected chi connectivity index (χ4v) is 4.53. The van der Waals surface area contributed by atoms with Crippen molar-refractivity contribution in [3.05, 3.63) is 0 Å². The molecule has 1 atom stereocenters. The summed E-state index contributed by atoms with van der Waals surface area (Å²) in [6.45, 7) is 5.97. The van der Waals surface area contributed by atoms with Crippen LogP contribution in [0.25, 0.3) is 0 Å². The molecule has 2 saturated heterocycles. The fourth-order valence-electron chi connectivity index (χ4n) is 4.53. The molecular weight excluding hydrogens is 403 g/mol. The van der Waals surface area contributed by atoms with Crippen LogP contribution in [-0.2, 0) is 14.3 Å². The summed E-state index contributed by atoms with van der Waals surface area (Å²) in [5.74, 6) is -0.183. The molecule has 164 valence electrons. The maximum Gasteiger partial charge on any atom is 0.309 e. The molecule has 3 rings (SSSR count). The summed E-state index contributed by atoms with van der Waals surface area (Å²) in [4.78, 5) is 28.1. The van der Waals surface area contributed by atoms with Crippen LogP contribution in [0.4, 0.5) is 0 Å².